The van der Waals surface area contributed by atoms with Gasteiger partial charge >= 0.3 is 0 Å². The zero-order chi connectivity index (χ0) is 15.6. The number of nitrogens with zero attached hydrogens (tertiary/aromatic N) is 1. The fourth-order valence-electron chi connectivity index (χ4n) is 5.09. The number of likely N-dealkylation sites (tertiary alicyclic amines) is 1. The molecule has 1 N–H and O–H groups in total. The number of rotatable bonds is 2. The van der Waals surface area contributed by atoms with Crippen molar-refractivity contribution in [1.82, 2.24) is 10.2 Å². The Kier molecular flexibility index (Phi) is 5.00. The fourth-order valence-corrected chi connectivity index (χ4v) is 6.44. The minimum absolute atomic E-state index is 0.158. The Morgan fingerprint density at radius 1 is 1.09 bits per heavy atom. The van der Waals surface area contributed by atoms with Gasteiger partial charge in [0.15, 0.2) is 0 Å². The monoisotopic (exact) mass is 334 g/mol. The molecule has 0 spiro atoms. The van der Waals surface area contributed by atoms with Crippen LogP contribution in [-0.4, -0.2) is 42.2 Å². The van der Waals surface area contributed by atoms with E-state index in [4.69, 9.17) is 0 Å². The van der Waals surface area contributed by atoms with E-state index in [1.54, 1.807) is 0 Å². The number of allylic oxidation sites excluding steroid dienone is 1. The van der Waals surface area contributed by atoms with Gasteiger partial charge in [0, 0.05) is 18.3 Å². The van der Waals surface area contributed by atoms with Gasteiger partial charge in [-0.05, 0) is 68.4 Å². The smallest absolute Gasteiger partial charge is 0.230 e. The third-order valence-electron chi connectivity index (χ3n) is 6.38. The summed E-state index contributed by atoms with van der Waals surface area (Å²) in [7, 11) is 0. The number of amides is 1. The number of hydrogen-bond donors (Lipinski definition) is 1. The quantitative estimate of drug-likeness (QED) is 0.840. The van der Waals surface area contributed by atoms with Crippen LogP contribution in [0.3, 0.4) is 0 Å². The van der Waals surface area contributed by atoms with Crippen LogP contribution in [0.1, 0.15) is 51.4 Å². The molecule has 23 heavy (non-hydrogen) atoms. The summed E-state index contributed by atoms with van der Waals surface area (Å²) in [4.78, 5) is 16.9. The lowest BCUT2D eigenvalue weighted by Crippen LogP contribution is -2.51. The first-order valence-electron chi connectivity index (χ1n) is 9.68. The Labute approximate surface area is 144 Å². The Balaban J connectivity index is 1.43. The lowest BCUT2D eigenvalue weighted by Gasteiger charge is -2.44. The molecule has 3 heterocycles. The molecule has 4 rings (SSSR count). The number of carbonyl (C=O) groups is 1. The second-order valence-electron chi connectivity index (χ2n) is 7.80. The second kappa shape index (κ2) is 7.18. The van der Waals surface area contributed by atoms with Crippen molar-refractivity contribution in [2.75, 3.05) is 25.4 Å². The highest BCUT2D eigenvalue weighted by atomic mass is 32.2. The predicted octanol–water partition coefficient (Wildman–Crippen LogP) is 3.41. The van der Waals surface area contributed by atoms with Crippen molar-refractivity contribution < 1.29 is 4.79 Å². The molecule has 1 aliphatic carbocycles. The summed E-state index contributed by atoms with van der Waals surface area (Å²) < 4.78 is 0. The maximum Gasteiger partial charge on any atom is 0.230 e. The van der Waals surface area contributed by atoms with Crippen LogP contribution in [0.4, 0.5) is 0 Å². The van der Waals surface area contributed by atoms with Crippen molar-refractivity contribution in [3.05, 3.63) is 11.0 Å². The molecular formula is C19H30N2OS. The molecule has 0 aromatic rings. The predicted molar refractivity (Wildman–Crippen MR) is 96.3 cm³/mol. The molecule has 1 amide bonds. The van der Waals surface area contributed by atoms with Gasteiger partial charge < -0.3 is 10.2 Å². The van der Waals surface area contributed by atoms with E-state index < -0.39 is 0 Å². The Hall–Kier alpha value is -0.480. The van der Waals surface area contributed by atoms with Gasteiger partial charge in [-0.3, -0.25) is 4.79 Å². The highest BCUT2D eigenvalue weighted by Gasteiger charge is 2.39. The zero-order valence-electron chi connectivity index (χ0n) is 14.1. The lowest BCUT2D eigenvalue weighted by atomic mass is 9.78. The van der Waals surface area contributed by atoms with Crippen LogP contribution in [0, 0.1) is 17.8 Å². The van der Waals surface area contributed by atoms with Crippen LogP contribution in [0.15, 0.2) is 11.0 Å². The molecule has 1 saturated carbocycles. The molecule has 4 heteroatoms. The van der Waals surface area contributed by atoms with Gasteiger partial charge in [0.05, 0.1) is 5.92 Å². The summed E-state index contributed by atoms with van der Waals surface area (Å²) in [5, 5.41) is 3.44. The van der Waals surface area contributed by atoms with Gasteiger partial charge in [0.25, 0.3) is 0 Å². The van der Waals surface area contributed by atoms with Crippen molar-refractivity contribution in [2.24, 2.45) is 17.8 Å². The Bertz CT molecular complexity index is 470. The van der Waals surface area contributed by atoms with E-state index in [9.17, 15) is 4.79 Å². The number of nitrogens with one attached hydrogen (secondary N) is 1. The third-order valence-corrected chi connectivity index (χ3v) is 7.71. The Morgan fingerprint density at radius 3 is 2.74 bits per heavy atom. The first kappa shape index (κ1) is 16.0. The van der Waals surface area contributed by atoms with Crippen molar-refractivity contribution in [3.63, 3.8) is 0 Å². The number of thioether (sulfide) groups is 1. The van der Waals surface area contributed by atoms with Crippen LogP contribution < -0.4 is 5.32 Å². The van der Waals surface area contributed by atoms with Crippen LogP contribution in [0.2, 0.25) is 0 Å². The second-order valence-corrected chi connectivity index (χ2v) is 8.89. The number of piperidine rings is 2. The zero-order valence-corrected chi connectivity index (χ0v) is 15.0. The molecule has 3 unspecified atom stereocenters. The molecule has 0 radical (unpaired) electrons. The van der Waals surface area contributed by atoms with Crippen molar-refractivity contribution in [3.8, 4) is 0 Å². The maximum absolute atomic E-state index is 13.1. The van der Waals surface area contributed by atoms with E-state index in [0.29, 0.717) is 17.9 Å². The normalized spacial score (nSPS) is 35.7. The standard InChI is InChI=1S/C19H30N2OS/c22-19(21-11-3-5-14-4-1-2-6-17(14)21)16-12-18(23-13-16)15-7-9-20-10-8-15/h12,14-17,20H,1-11,13H2. The van der Waals surface area contributed by atoms with E-state index in [1.165, 1.54) is 56.3 Å². The van der Waals surface area contributed by atoms with E-state index in [2.05, 4.69) is 16.3 Å². The molecule has 4 aliphatic rings. The fraction of sp³-hybridized carbons (Fsp3) is 0.842. The number of hydrogen-bond acceptors (Lipinski definition) is 3. The first-order valence-corrected chi connectivity index (χ1v) is 10.7. The van der Waals surface area contributed by atoms with Gasteiger partial charge in [-0.1, -0.05) is 18.9 Å². The highest BCUT2D eigenvalue weighted by molar-refractivity contribution is 8.03. The molecule has 2 saturated heterocycles. The molecule has 0 bridgehead atoms. The molecule has 3 aliphatic heterocycles. The van der Waals surface area contributed by atoms with E-state index in [0.717, 1.165) is 31.3 Å². The van der Waals surface area contributed by atoms with Crippen molar-refractivity contribution in [2.45, 2.75) is 57.4 Å². The van der Waals surface area contributed by atoms with E-state index in [-0.39, 0.29) is 5.92 Å². The van der Waals surface area contributed by atoms with E-state index in [1.807, 2.05) is 11.8 Å². The summed E-state index contributed by atoms with van der Waals surface area (Å²) in [6.45, 7) is 3.28. The minimum atomic E-state index is 0.158. The average molecular weight is 335 g/mol. The topological polar surface area (TPSA) is 32.3 Å². The first-order chi connectivity index (χ1) is 11.3. The summed E-state index contributed by atoms with van der Waals surface area (Å²) in [5.74, 6) is 3.10. The number of carbonyl (C=O) groups excluding carboxylic acids is 1. The Morgan fingerprint density at radius 2 is 1.87 bits per heavy atom. The SMILES string of the molecule is O=C(C1C=C(C2CCNCC2)SC1)N1CCCC2CCCCC21. The van der Waals surface area contributed by atoms with Gasteiger partial charge in [0.2, 0.25) is 5.91 Å². The third kappa shape index (κ3) is 3.34. The van der Waals surface area contributed by atoms with Crippen molar-refractivity contribution in [1.29, 1.82) is 0 Å². The van der Waals surface area contributed by atoms with Gasteiger partial charge in [-0.15, -0.1) is 11.8 Å². The van der Waals surface area contributed by atoms with Gasteiger partial charge in [-0.2, -0.15) is 0 Å². The average Bonchev–Trinajstić information content (AvgIpc) is 3.11. The molecular weight excluding hydrogens is 304 g/mol. The summed E-state index contributed by atoms with van der Waals surface area (Å²) >= 11 is 1.96. The largest absolute Gasteiger partial charge is 0.339 e. The molecule has 0 aromatic carbocycles. The molecule has 3 nitrogen and oxygen atoms in total. The molecule has 128 valence electrons. The van der Waals surface area contributed by atoms with Gasteiger partial charge in [0.1, 0.15) is 0 Å². The molecule has 3 fully saturated rings. The lowest BCUT2D eigenvalue weighted by molar-refractivity contribution is -0.139. The van der Waals surface area contributed by atoms with Crippen LogP contribution >= 0.6 is 11.8 Å². The van der Waals surface area contributed by atoms with Crippen LogP contribution in [-0.2, 0) is 4.79 Å². The maximum atomic E-state index is 13.1. The van der Waals surface area contributed by atoms with E-state index >= 15 is 0 Å². The highest BCUT2D eigenvalue weighted by Crippen LogP contribution is 2.41. The summed E-state index contributed by atoms with van der Waals surface area (Å²) in [6.07, 6.45) is 12.7. The summed E-state index contributed by atoms with van der Waals surface area (Å²) in [6, 6.07) is 0.561. The van der Waals surface area contributed by atoms with Crippen LogP contribution in [0.25, 0.3) is 0 Å². The van der Waals surface area contributed by atoms with Crippen molar-refractivity contribution >= 4 is 17.7 Å². The summed E-state index contributed by atoms with van der Waals surface area (Å²) in [5.41, 5.74) is 0. The van der Waals surface area contributed by atoms with Crippen LogP contribution in [0.5, 0.6) is 0 Å². The molecule has 3 atom stereocenters. The molecule has 0 aromatic heterocycles. The number of fused-ring (bicyclic) bond motifs is 1. The van der Waals surface area contributed by atoms with Gasteiger partial charge in [-0.25, -0.2) is 0 Å². The minimum Gasteiger partial charge on any atom is -0.339 e.